The molecule has 98 valence electrons. The molecule has 0 bridgehead atoms. The lowest BCUT2D eigenvalue weighted by atomic mass is 9.70. The molecule has 1 aromatic carbocycles. The van der Waals surface area contributed by atoms with Crippen LogP contribution in [0.4, 0.5) is 0 Å². The number of hydrogen-bond donors (Lipinski definition) is 2. The van der Waals surface area contributed by atoms with Crippen molar-refractivity contribution in [3.63, 3.8) is 0 Å². The third-order valence-corrected chi connectivity index (χ3v) is 3.36. The maximum atomic E-state index is 11.5. The van der Waals surface area contributed by atoms with Gasteiger partial charge in [0.1, 0.15) is 0 Å². The van der Waals surface area contributed by atoms with Crippen molar-refractivity contribution in [2.45, 2.75) is 26.7 Å². The topological polar surface area (TPSA) is 74.6 Å². The van der Waals surface area contributed by atoms with Gasteiger partial charge >= 0.3 is 11.9 Å². The Labute approximate surface area is 106 Å². The second kappa shape index (κ2) is 5.67. The third-order valence-electron chi connectivity index (χ3n) is 3.36. The van der Waals surface area contributed by atoms with E-state index in [4.69, 9.17) is 5.11 Å². The van der Waals surface area contributed by atoms with Gasteiger partial charge in [0.05, 0.1) is 11.8 Å². The number of carbonyl (C=O) groups is 2. The molecule has 1 atom stereocenters. The van der Waals surface area contributed by atoms with Crippen LogP contribution in [0.1, 0.15) is 25.8 Å². The largest absolute Gasteiger partial charge is 0.481 e. The number of aliphatic carboxylic acids is 2. The highest BCUT2D eigenvalue weighted by atomic mass is 16.4. The standard InChI is InChI=1S/C14H18O4/c1-10(2)14(13(17)18,9-12(15)16)8-11-6-4-3-5-7-11/h3-7,10H,8-9H2,1-2H3,(H,15,16)(H,17,18). The van der Waals surface area contributed by atoms with Crippen LogP contribution in [-0.2, 0) is 16.0 Å². The van der Waals surface area contributed by atoms with Gasteiger partial charge in [-0.25, -0.2) is 0 Å². The van der Waals surface area contributed by atoms with Crippen LogP contribution in [0.5, 0.6) is 0 Å². The summed E-state index contributed by atoms with van der Waals surface area (Å²) in [4.78, 5) is 22.5. The van der Waals surface area contributed by atoms with E-state index in [0.29, 0.717) is 0 Å². The zero-order valence-electron chi connectivity index (χ0n) is 10.6. The van der Waals surface area contributed by atoms with Crippen molar-refractivity contribution < 1.29 is 19.8 Å². The van der Waals surface area contributed by atoms with Crippen LogP contribution in [0.15, 0.2) is 30.3 Å². The Kier molecular flexibility index (Phi) is 4.48. The van der Waals surface area contributed by atoms with Gasteiger partial charge < -0.3 is 10.2 Å². The summed E-state index contributed by atoms with van der Waals surface area (Å²) in [6.45, 7) is 3.50. The lowest BCUT2D eigenvalue weighted by molar-refractivity contribution is -0.158. The molecule has 0 heterocycles. The van der Waals surface area contributed by atoms with Crippen molar-refractivity contribution in [2.75, 3.05) is 0 Å². The summed E-state index contributed by atoms with van der Waals surface area (Å²) in [6.07, 6.45) is -0.137. The lowest BCUT2D eigenvalue weighted by Gasteiger charge is -2.32. The van der Waals surface area contributed by atoms with Crippen molar-refractivity contribution in [1.29, 1.82) is 0 Å². The van der Waals surface area contributed by atoms with E-state index >= 15 is 0 Å². The average Bonchev–Trinajstić information content (AvgIpc) is 2.28. The maximum absolute atomic E-state index is 11.5. The first-order valence-electron chi connectivity index (χ1n) is 5.87. The molecule has 0 aliphatic carbocycles. The van der Waals surface area contributed by atoms with Crippen molar-refractivity contribution in [1.82, 2.24) is 0 Å². The molecule has 0 aliphatic heterocycles. The molecular weight excluding hydrogens is 232 g/mol. The summed E-state index contributed by atoms with van der Waals surface area (Å²) < 4.78 is 0. The normalized spacial score (nSPS) is 14.2. The molecule has 4 nitrogen and oxygen atoms in total. The first-order valence-corrected chi connectivity index (χ1v) is 5.87. The van der Waals surface area contributed by atoms with Crippen molar-refractivity contribution in [3.05, 3.63) is 35.9 Å². The Morgan fingerprint density at radius 1 is 1.17 bits per heavy atom. The molecule has 0 amide bonds. The molecule has 0 spiro atoms. The highest BCUT2D eigenvalue weighted by Gasteiger charge is 2.43. The molecule has 0 aromatic heterocycles. The Hall–Kier alpha value is -1.84. The highest BCUT2D eigenvalue weighted by Crippen LogP contribution is 2.36. The van der Waals surface area contributed by atoms with E-state index < -0.39 is 17.4 Å². The van der Waals surface area contributed by atoms with Crippen LogP contribution in [0.3, 0.4) is 0 Å². The van der Waals surface area contributed by atoms with E-state index in [1.165, 1.54) is 0 Å². The summed E-state index contributed by atoms with van der Waals surface area (Å²) in [5, 5.41) is 18.4. The predicted octanol–water partition coefficient (Wildman–Crippen LogP) is 2.43. The Morgan fingerprint density at radius 2 is 1.72 bits per heavy atom. The van der Waals surface area contributed by atoms with Crippen molar-refractivity contribution in [2.24, 2.45) is 11.3 Å². The monoisotopic (exact) mass is 250 g/mol. The first kappa shape index (κ1) is 14.2. The van der Waals surface area contributed by atoms with Gasteiger partial charge in [0.15, 0.2) is 0 Å². The van der Waals surface area contributed by atoms with Gasteiger partial charge in [0, 0.05) is 0 Å². The fourth-order valence-corrected chi connectivity index (χ4v) is 2.10. The minimum atomic E-state index is -1.26. The van der Waals surface area contributed by atoms with Crippen LogP contribution in [0, 0.1) is 11.3 Å². The summed E-state index contributed by atoms with van der Waals surface area (Å²) in [5.74, 6) is -2.39. The molecule has 1 rings (SSSR count). The van der Waals surface area contributed by atoms with Gasteiger partial charge in [-0.05, 0) is 17.9 Å². The minimum Gasteiger partial charge on any atom is -0.481 e. The van der Waals surface area contributed by atoms with E-state index in [1.807, 2.05) is 30.3 Å². The Morgan fingerprint density at radius 3 is 2.11 bits per heavy atom. The maximum Gasteiger partial charge on any atom is 0.310 e. The van der Waals surface area contributed by atoms with E-state index in [9.17, 15) is 14.7 Å². The molecule has 1 aromatic rings. The van der Waals surface area contributed by atoms with Crippen LogP contribution < -0.4 is 0 Å². The molecule has 2 N–H and O–H groups in total. The molecule has 0 saturated heterocycles. The Bertz CT molecular complexity index is 425. The van der Waals surface area contributed by atoms with Gasteiger partial charge in [-0.3, -0.25) is 9.59 Å². The number of benzene rings is 1. The quantitative estimate of drug-likeness (QED) is 0.813. The highest BCUT2D eigenvalue weighted by molar-refractivity contribution is 5.82. The fraction of sp³-hybridized carbons (Fsp3) is 0.429. The van der Waals surface area contributed by atoms with Crippen LogP contribution in [0.25, 0.3) is 0 Å². The predicted molar refractivity (Wildman–Crippen MR) is 67.3 cm³/mol. The smallest absolute Gasteiger partial charge is 0.310 e. The van der Waals surface area contributed by atoms with E-state index in [-0.39, 0.29) is 18.8 Å². The summed E-state index contributed by atoms with van der Waals surface area (Å²) >= 11 is 0. The SMILES string of the molecule is CC(C)C(CC(=O)O)(Cc1ccccc1)C(=O)O. The summed E-state index contributed by atoms with van der Waals surface area (Å²) in [5.41, 5.74) is -0.414. The molecule has 0 saturated carbocycles. The van der Waals surface area contributed by atoms with Crippen LogP contribution in [-0.4, -0.2) is 22.2 Å². The number of hydrogen-bond acceptors (Lipinski definition) is 2. The second-order valence-electron chi connectivity index (χ2n) is 4.85. The zero-order valence-corrected chi connectivity index (χ0v) is 10.6. The van der Waals surface area contributed by atoms with Gasteiger partial charge in [-0.2, -0.15) is 0 Å². The molecule has 0 aliphatic rings. The molecule has 4 heteroatoms. The van der Waals surface area contributed by atoms with Crippen molar-refractivity contribution in [3.8, 4) is 0 Å². The van der Waals surface area contributed by atoms with E-state index in [1.54, 1.807) is 13.8 Å². The first-order chi connectivity index (χ1) is 8.38. The lowest BCUT2D eigenvalue weighted by Crippen LogP contribution is -2.40. The number of rotatable bonds is 6. The van der Waals surface area contributed by atoms with E-state index in [2.05, 4.69) is 0 Å². The number of carboxylic acids is 2. The summed E-state index contributed by atoms with van der Waals surface area (Å²) in [6, 6.07) is 9.13. The Balaban J connectivity index is 3.10. The zero-order chi connectivity index (χ0) is 13.8. The summed E-state index contributed by atoms with van der Waals surface area (Å²) in [7, 11) is 0. The molecule has 18 heavy (non-hydrogen) atoms. The average molecular weight is 250 g/mol. The van der Waals surface area contributed by atoms with Crippen LogP contribution >= 0.6 is 0 Å². The molecule has 0 fully saturated rings. The minimum absolute atomic E-state index is 0.229. The van der Waals surface area contributed by atoms with Gasteiger partial charge in [0.2, 0.25) is 0 Å². The van der Waals surface area contributed by atoms with Gasteiger partial charge in [0.25, 0.3) is 0 Å². The van der Waals surface area contributed by atoms with E-state index in [0.717, 1.165) is 5.56 Å². The molecule has 1 unspecified atom stereocenters. The molecular formula is C14H18O4. The fourth-order valence-electron chi connectivity index (χ4n) is 2.10. The van der Waals surface area contributed by atoms with Gasteiger partial charge in [-0.1, -0.05) is 44.2 Å². The molecule has 0 radical (unpaired) electrons. The van der Waals surface area contributed by atoms with Gasteiger partial charge in [-0.15, -0.1) is 0 Å². The second-order valence-corrected chi connectivity index (χ2v) is 4.85. The van der Waals surface area contributed by atoms with Crippen LogP contribution in [0.2, 0.25) is 0 Å². The van der Waals surface area contributed by atoms with Crippen molar-refractivity contribution >= 4 is 11.9 Å². The third kappa shape index (κ3) is 3.09. The number of carboxylic acid groups (broad SMARTS) is 2.